The molecule has 0 fully saturated rings. The van der Waals surface area contributed by atoms with Crippen molar-refractivity contribution in [1.82, 2.24) is 0 Å². The van der Waals surface area contributed by atoms with Crippen molar-refractivity contribution in [2.24, 2.45) is 0 Å². The van der Waals surface area contributed by atoms with Crippen LogP contribution in [0.2, 0.25) is 0 Å². The first-order chi connectivity index (χ1) is 15.7. The van der Waals surface area contributed by atoms with Crippen LogP contribution in [-0.4, -0.2) is 20.3 Å². The predicted molar refractivity (Wildman–Crippen MR) is 140 cm³/mol. The van der Waals surface area contributed by atoms with Crippen LogP contribution in [0.25, 0.3) is 0 Å². The summed E-state index contributed by atoms with van der Waals surface area (Å²) in [4.78, 5) is 0. The van der Waals surface area contributed by atoms with Crippen molar-refractivity contribution < 1.29 is 26.5 Å². The van der Waals surface area contributed by atoms with Crippen LogP contribution in [0.5, 0.6) is 5.75 Å². The molecule has 4 aromatic rings. The van der Waals surface area contributed by atoms with Gasteiger partial charge in [-0.1, -0.05) is 60.7 Å². The summed E-state index contributed by atoms with van der Waals surface area (Å²) in [6, 6.07) is 39.3. The Kier molecular flexibility index (Phi) is 9.70. The van der Waals surface area contributed by atoms with Crippen LogP contribution < -0.4 is 37.6 Å². The zero-order valence-corrected chi connectivity index (χ0v) is 22.6. The minimum atomic E-state index is -1.94. The number of methoxy groups -OCH3 is 1. The standard InChI is InChI=1S/C28H27BrO2P.BrH/c1-30-19-20-31-28-21-23(17-18-27(28)29)22-32(24-11-5-2-6-12-24,25-13-7-3-8-14-25)26-15-9-4-10-16-26;/h2-18,21H,19-20,22H2,1H3;1H/q+1;/p-1. The van der Waals surface area contributed by atoms with Crippen molar-refractivity contribution in [1.29, 1.82) is 0 Å². The lowest BCUT2D eigenvalue weighted by molar-refractivity contribution is -0.00000679. The van der Waals surface area contributed by atoms with Gasteiger partial charge in [0.2, 0.25) is 0 Å². The third-order valence-corrected chi connectivity index (χ3v) is 10.6. The first-order valence-electron chi connectivity index (χ1n) is 10.7. The fraction of sp³-hybridized carbons (Fsp3) is 0.143. The van der Waals surface area contributed by atoms with Crippen molar-refractivity contribution in [3.63, 3.8) is 0 Å². The molecule has 2 nitrogen and oxygen atoms in total. The summed E-state index contributed by atoms with van der Waals surface area (Å²) in [5, 5.41) is 4.13. The van der Waals surface area contributed by atoms with E-state index in [1.165, 1.54) is 21.5 Å². The first kappa shape index (κ1) is 25.6. The van der Waals surface area contributed by atoms with Gasteiger partial charge < -0.3 is 26.5 Å². The molecule has 0 aliphatic rings. The highest BCUT2D eigenvalue weighted by molar-refractivity contribution is 9.10. The fourth-order valence-corrected chi connectivity index (χ4v) is 8.62. The van der Waals surface area contributed by atoms with Gasteiger partial charge in [-0.2, -0.15) is 0 Å². The van der Waals surface area contributed by atoms with Crippen LogP contribution in [-0.2, 0) is 10.9 Å². The smallest absolute Gasteiger partial charge is 0.134 e. The van der Waals surface area contributed by atoms with E-state index in [0.29, 0.717) is 13.2 Å². The maximum atomic E-state index is 5.99. The largest absolute Gasteiger partial charge is 1.00 e. The molecule has 0 radical (unpaired) electrons. The van der Waals surface area contributed by atoms with E-state index in [4.69, 9.17) is 9.47 Å². The summed E-state index contributed by atoms with van der Waals surface area (Å²) < 4.78 is 12.1. The molecule has 0 atom stereocenters. The zero-order valence-electron chi connectivity index (χ0n) is 18.5. The van der Waals surface area contributed by atoms with Gasteiger partial charge in [-0.05, 0) is 70.0 Å². The van der Waals surface area contributed by atoms with Crippen molar-refractivity contribution >= 4 is 39.1 Å². The van der Waals surface area contributed by atoms with E-state index in [1.807, 2.05) is 0 Å². The Balaban J connectivity index is 0.00000306. The molecule has 170 valence electrons. The van der Waals surface area contributed by atoms with Gasteiger partial charge in [0.05, 0.1) is 17.2 Å². The Bertz CT molecular complexity index is 1030. The van der Waals surface area contributed by atoms with Gasteiger partial charge in [0.1, 0.15) is 35.5 Å². The van der Waals surface area contributed by atoms with E-state index in [-0.39, 0.29) is 17.0 Å². The van der Waals surface area contributed by atoms with E-state index in [1.54, 1.807) is 7.11 Å². The quantitative estimate of drug-likeness (QED) is 0.222. The van der Waals surface area contributed by atoms with E-state index >= 15 is 0 Å². The van der Waals surface area contributed by atoms with Crippen molar-refractivity contribution in [2.45, 2.75) is 6.16 Å². The van der Waals surface area contributed by atoms with Gasteiger partial charge in [0.25, 0.3) is 0 Å². The Labute approximate surface area is 216 Å². The molecule has 0 aliphatic heterocycles. The predicted octanol–water partition coefficient (Wildman–Crippen LogP) is 2.97. The van der Waals surface area contributed by atoms with Gasteiger partial charge in [-0.3, -0.25) is 0 Å². The van der Waals surface area contributed by atoms with Crippen molar-refractivity contribution in [2.75, 3.05) is 20.3 Å². The molecule has 0 N–H and O–H groups in total. The average molecular weight is 586 g/mol. The number of ether oxygens (including phenoxy) is 2. The molecule has 5 heteroatoms. The molecule has 0 heterocycles. The molecule has 0 aliphatic carbocycles. The maximum absolute atomic E-state index is 5.99. The summed E-state index contributed by atoms with van der Waals surface area (Å²) in [6.45, 7) is 1.08. The number of hydrogen-bond acceptors (Lipinski definition) is 2. The topological polar surface area (TPSA) is 18.5 Å². The molecule has 0 saturated carbocycles. The van der Waals surface area contributed by atoms with Crippen LogP contribution >= 0.6 is 23.2 Å². The van der Waals surface area contributed by atoms with Crippen molar-refractivity contribution in [3.8, 4) is 5.75 Å². The van der Waals surface area contributed by atoms with E-state index in [0.717, 1.165) is 16.4 Å². The SMILES string of the molecule is COCCOc1cc(C[P+](c2ccccc2)(c2ccccc2)c2ccccc2)ccc1Br.[Br-]. The van der Waals surface area contributed by atoms with E-state index in [2.05, 4.69) is 125 Å². The summed E-state index contributed by atoms with van der Waals surface area (Å²) in [6.07, 6.45) is 0.916. The van der Waals surface area contributed by atoms with Gasteiger partial charge >= 0.3 is 0 Å². The van der Waals surface area contributed by atoms with Crippen LogP contribution in [0.4, 0.5) is 0 Å². The molecule has 0 bridgehead atoms. The average Bonchev–Trinajstić information content (AvgIpc) is 2.86. The second kappa shape index (κ2) is 12.5. The lowest BCUT2D eigenvalue weighted by Crippen LogP contribution is -3.00. The second-order valence-corrected chi connectivity index (χ2v) is 11.9. The van der Waals surface area contributed by atoms with Crippen LogP contribution in [0.15, 0.2) is 114 Å². The Morgan fingerprint density at radius 2 is 1.15 bits per heavy atom. The molecule has 4 rings (SSSR count). The molecular weight excluding hydrogens is 559 g/mol. The highest BCUT2D eigenvalue weighted by Crippen LogP contribution is 2.58. The van der Waals surface area contributed by atoms with Crippen LogP contribution in [0.3, 0.4) is 0 Å². The highest BCUT2D eigenvalue weighted by atomic mass is 79.9. The molecule has 33 heavy (non-hydrogen) atoms. The Morgan fingerprint density at radius 1 is 0.667 bits per heavy atom. The number of rotatable bonds is 9. The van der Waals surface area contributed by atoms with Crippen LogP contribution in [0.1, 0.15) is 5.56 Å². The lowest BCUT2D eigenvalue weighted by atomic mass is 10.2. The number of halogens is 2. The molecular formula is C28H27Br2O2P. The summed E-state index contributed by atoms with van der Waals surface area (Å²) in [5.74, 6) is 0.854. The molecule has 4 aromatic carbocycles. The molecule has 0 unspecified atom stereocenters. The molecule has 0 saturated heterocycles. The zero-order chi connectivity index (χ0) is 22.2. The van der Waals surface area contributed by atoms with E-state index < -0.39 is 7.26 Å². The van der Waals surface area contributed by atoms with Crippen LogP contribution in [0, 0.1) is 0 Å². The fourth-order valence-electron chi connectivity index (χ4n) is 4.03. The van der Waals surface area contributed by atoms with Crippen molar-refractivity contribution in [3.05, 3.63) is 119 Å². The normalized spacial score (nSPS) is 11.0. The van der Waals surface area contributed by atoms with E-state index in [9.17, 15) is 0 Å². The molecule has 0 spiro atoms. The Hall–Kier alpha value is -1.97. The monoisotopic (exact) mass is 584 g/mol. The minimum Gasteiger partial charge on any atom is -1.00 e. The molecule has 0 aromatic heterocycles. The summed E-state index contributed by atoms with van der Waals surface area (Å²) in [7, 11) is -0.250. The summed E-state index contributed by atoms with van der Waals surface area (Å²) >= 11 is 3.64. The van der Waals surface area contributed by atoms with Gasteiger partial charge in [0.15, 0.2) is 0 Å². The minimum absolute atomic E-state index is 0. The maximum Gasteiger partial charge on any atom is 0.134 e. The first-order valence-corrected chi connectivity index (χ1v) is 13.5. The third kappa shape index (κ3) is 5.94. The summed E-state index contributed by atoms with van der Waals surface area (Å²) in [5.41, 5.74) is 1.26. The Morgan fingerprint density at radius 3 is 1.61 bits per heavy atom. The lowest BCUT2D eigenvalue weighted by Gasteiger charge is -2.28. The second-order valence-electron chi connectivity index (χ2n) is 7.58. The van der Waals surface area contributed by atoms with Gasteiger partial charge in [-0.25, -0.2) is 0 Å². The number of hydrogen-bond donors (Lipinski definition) is 0. The van der Waals surface area contributed by atoms with Gasteiger partial charge in [0, 0.05) is 7.11 Å². The highest BCUT2D eigenvalue weighted by Gasteiger charge is 2.45. The molecule has 0 amide bonds. The van der Waals surface area contributed by atoms with Gasteiger partial charge in [-0.15, -0.1) is 0 Å². The third-order valence-electron chi connectivity index (χ3n) is 5.55. The number of benzene rings is 4.